The van der Waals surface area contributed by atoms with E-state index in [0.717, 1.165) is 6.08 Å². The van der Waals surface area contributed by atoms with Crippen LogP contribution in [-0.4, -0.2) is 80.9 Å². The topological polar surface area (TPSA) is 261 Å². The first-order valence-corrected chi connectivity index (χ1v) is 21.7. The molecule has 1 unspecified atom stereocenters. The number of halogens is 2. The van der Waals surface area contributed by atoms with Crippen molar-refractivity contribution in [2.24, 2.45) is 0 Å². The molecule has 60 heavy (non-hydrogen) atoms. The maximum absolute atomic E-state index is 12.6. The molecule has 0 fully saturated rings. The Balaban J connectivity index is 0.00000341. The Labute approximate surface area is 397 Å². The van der Waals surface area contributed by atoms with Gasteiger partial charge < -0.3 is 33.0 Å². The number of benzene rings is 4. The molecule has 0 saturated heterocycles. The van der Waals surface area contributed by atoms with Crippen LogP contribution in [0.4, 0.5) is 11.6 Å². The summed E-state index contributed by atoms with van der Waals surface area (Å²) in [4.78, 5) is 16.8. The molecule has 0 saturated carbocycles. The molecule has 1 atom stereocenters. The molecule has 3 aliphatic rings. The van der Waals surface area contributed by atoms with Gasteiger partial charge >= 0.3 is 70.2 Å². The predicted molar refractivity (Wildman–Crippen MR) is 214 cm³/mol. The molecule has 0 spiro atoms. The van der Waals surface area contributed by atoms with Crippen LogP contribution >= 0.6 is 23.2 Å². The Morgan fingerprint density at radius 1 is 0.800 bits per heavy atom. The minimum atomic E-state index is -4.85. The second-order valence-corrected chi connectivity index (χ2v) is 17.3. The minimum absolute atomic E-state index is 0. The van der Waals surface area contributed by atoms with Crippen LogP contribution in [0.15, 0.2) is 119 Å². The zero-order valence-electron chi connectivity index (χ0n) is 31.6. The van der Waals surface area contributed by atoms with E-state index in [2.05, 4.69) is 24.9 Å². The van der Waals surface area contributed by atoms with Gasteiger partial charge in [0, 0.05) is 52.4 Å². The van der Waals surface area contributed by atoms with E-state index >= 15 is 0 Å². The average Bonchev–Trinajstić information content (AvgIpc) is 3.15. The maximum Gasteiger partial charge on any atom is 1.00 e. The third-order valence-electron chi connectivity index (χ3n) is 8.66. The summed E-state index contributed by atoms with van der Waals surface area (Å²) in [5.41, 5.74) is 3.56. The van der Waals surface area contributed by atoms with Gasteiger partial charge in [0.25, 0.3) is 0 Å². The second kappa shape index (κ2) is 18.9. The number of nitrogens with one attached hydrogen (secondary N) is 1. The molecule has 4 aromatic rings. The third kappa shape index (κ3) is 10.9. The monoisotopic (exact) mass is 926 g/mol. The van der Waals surface area contributed by atoms with Gasteiger partial charge in [0.15, 0.2) is 0 Å². The summed E-state index contributed by atoms with van der Waals surface area (Å²) in [6, 6.07) is 21.2. The van der Waals surface area contributed by atoms with E-state index in [0.29, 0.717) is 45.9 Å². The molecule has 24 heteroatoms. The summed E-state index contributed by atoms with van der Waals surface area (Å²) in [5.74, 6) is -0.0928. The van der Waals surface area contributed by atoms with Crippen LogP contribution < -0.4 is 79.4 Å². The summed E-state index contributed by atoms with van der Waals surface area (Å²) in [7, 11) is -14.3. The number of anilines is 2. The van der Waals surface area contributed by atoms with Crippen molar-refractivity contribution >= 4 is 86.8 Å². The minimum Gasteiger partial charge on any atom is -0.756 e. The van der Waals surface area contributed by atoms with Crippen molar-refractivity contribution in [3.63, 3.8) is 0 Å². The van der Waals surface area contributed by atoms with Crippen LogP contribution in [0.5, 0.6) is 0 Å². The standard InChI is InChI=1S/C36H28Cl2N8O9S3.2Na/c1-2-45(20-21-4-3-5-27(16-21)57(50,51)52)25-10-15-29-32(19-25)46(24-8-11-26(12-9-24)56(47,48)49)31-17-22(6-13-28(31)41-29)39-30-14-7-23(18-33(30)58(53,54)55)40-36-43-34(37)42-35(38)44-36;;/h3-19H,2,20H2,1H3,(H4,40,41,42,43,44,47,48,49,50,51,52,53,54,55);;/q;2*+1/p-2. The Morgan fingerprint density at radius 2 is 1.48 bits per heavy atom. The molecular weight excluding hydrogens is 902 g/mol. The smallest absolute Gasteiger partial charge is 0.756 e. The van der Waals surface area contributed by atoms with Gasteiger partial charge in [-0.3, -0.25) is 4.21 Å². The molecule has 17 nitrogen and oxygen atoms in total. The molecule has 2 aliphatic carbocycles. The maximum atomic E-state index is 12.6. The molecule has 0 amide bonds. The van der Waals surface area contributed by atoms with E-state index in [9.17, 15) is 39.3 Å². The predicted octanol–water partition coefficient (Wildman–Crippen LogP) is -2.50. The van der Waals surface area contributed by atoms with E-state index in [1.54, 1.807) is 34.9 Å². The van der Waals surface area contributed by atoms with Gasteiger partial charge in [-0.1, -0.05) is 16.8 Å². The molecule has 7 rings (SSSR count). The first kappa shape index (κ1) is 47.5. The van der Waals surface area contributed by atoms with Gasteiger partial charge in [-0.15, -0.1) is 0 Å². The zero-order valence-corrected chi connectivity index (χ0v) is 39.5. The molecule has 298 valence electrons. The van der Waals surface area contributed by atoms with Crippen molar-refractivity contribution in [2.45, 2.75) is 23.3 Å². The van der Waals surface area contributed by atoms with E-state index in [1.807, 2.05) is 24.0 Å². The molecular formula is C36H26Cl2N8Na2O9S3. The average molecular weight is 928 g/mol. The van der Waals surface area contributed by atoms with Gasteiger partial charge in [0.05, 0.1) is 38.3 Å². The number of allylic oxidation sites excluding steroid dienone is 3. The molecule has 0 bridgehead atoms. The zero-order chi connectivity index (χ0) is 41.6. The molecule has 1 aliphatic heterocycles. The van der Waals surface area contributed by atoms with Crippen molar-refractivity contribution in [1.82, 2.24) is 29.2 Å². The Kier molecular flexibility index (Phi) is 14.9. The van der Waals surface area contributed by atoms with Crippen molar-refractivity contribution in [3.8, 4) is 17.1 Å². The van der Waals surface area contributed by atoms with Crippen molar-refractivity contribution in [2.75, 3.05) is 16.8 Å². The summed E-state index contributed by atoms with van der Waals surface area (Å²) < 4.78 is 112. The number of aromatic nitrogens is 5. The first-order chi connectivity index (χ1) is 27.3. The Hall–Kier alpha value is -3.51. The van der Waals surface area contributed by atoms with Gasteiger partial charge in [-0.2, -0.15) is 15.0 Å². The number of fused-ring (bicyclic) bond motifs is 2. The quantitative estimate of drug-likeness (QED) is 0.0500. The van der Waals surface area contributed by atoms with Crippen LogP contribution in [0, 0.1) is 0 Å². The summed E-state index contributed by atoms with van der Waals surface area (Å²) in [5, 5.41) is 2.54. The summed E-state index contributed by atoms with van der Waals surface area (Å²) in [6.45, 7) is 2.58. The van der Waals surface area contributed by atoms with E-state index in [-0.39, 0.29) is 104 Å². The Bertz CT molecular complexity index is 3140. The fourth-order valence-corrected chi connectivity index (χ4v) is 8.11. The number of rotatable bonds is 9. The Morgan fingerprint density at radius 3 is 2.12 bits per heavy atom. The fourth-order valence-electron chi connectivity index (χ4n) is 6.08. The molecule has 1 aromatic heterocycles. The van der Waals surface area contributed by atoms with Gasteiger partial charge in [-0.25, -0.2) is 21.8 Å². The normalized spacial score (nSPS) is 13.8. The molecule has 0 radical (unpaired) electrons. The van der Waals surface area contributed by atoms with Crippen molar-refractivity contribution < 1.29 is 98.4 Å². The largest absolute Gasteiger partial charge is 1.00 e. The van der Waals surface area contributed by atoms with Crippen molar-refractivity contribution in [1.29, 1.82) is 0 Å². The first-order valence-electron chi connectivity index (χ1n) is 16.7. The van der Waals surface area contributed by atoms with Crippen LogP contribution in [-0.2, 0) is 36.9 Å². The van der Waals surface area contributed by atoms with Gasteiger partial charge in [-0.05, 0) is 109 Å². The van der Waals surface area contributed by atoms with Gasteiger partial charge in [0.2, 0.25) is 16.5 Å². The number of hydrogen-bond donors (Lipinski definition) is 2. The number of hydrogen-bond acceptors (Lipinski definition) is 14. The van der Waals surface area contributed by atoms with Gasteiger partial charge in [0.1, 0.15) is 25.1 Å². The van der Waals surface area contributed by atoms with Crippen LogP contribution in [0.1, 0.15) is 12.5 Å². The third-order valence-corrected chi connectivity index (χ3v) is 11.6. The second-order valence-electron chi connectivity index (χ2n) is 12.4. The van der Waals surface area contributed by atoms with E-state index in [1.165, 1.54) is 54.6 Å². The van der Waals surface area contributed by atoms with E-state index in [4.69, 9.17) is 28.2 Å². The molecule has 2 heterocycles. The van der Waals surface area contributed by atoms with Crippen LogP contribution in [0.2, 0.25) is 10.6 Å². The van der Waals surface area contributed by atoms with E-state index < -0.39 is 40.1 Å². The molecule has 3 aromatic carbocycles. The number of nitrogens with zero attached hydrogens (tertiary/aromatic N) is 7. The van der Waals surface area contributed by atoms with Crippen molar-refractivity contribution in [3.05, 3.63) is 130 Å². The fraction of sp³-hybridized carbons (Fsp3) is 0.0833. The van der Waals surface area contributed by atoms with Crippen LogP contribution in [0.3, 0.4) is 0 Å². The SMILES string of the molecule is CCN(Cc1cccc(S(=O)(=O)[O-])c1)c1ccc2nc3ccc(=[N+]=C4C=CC(Nc5nc(Cl)nc(Cl)n5)=CC4=S(=O)([O-])O)cc-3n(-c3ccc(S(=O)(=O)[O-])cc3)c2c1.[Na+].[Na+]. The van der Waals surface area contributed by atoms with Crippen LogP contribution in [0.25, 0.3) is 28.1 Å². The summed E-state index contributed by atoms with van der Waals surface area (Å²) in [6.07, 6.45) is 3.90. The summed E-state index contributed by atoms with van der Waals surface area (Å²) >= 11 is 11.7. The molecule has 2 N–H and O–H groups in total.